The molecule has 35 heavy (non-hydrogen) atoms. The highest BCUT2D eigenvalue weighted by atomic mass is 16.5. The molecule has 1 aliphatic carbocycles. The minimum Gasteiger partial charge on any atom is -0.478 e. The third kappa shape index (κ3) is 5.42. The van der Waals surface area contributed by atoms with Crippen molar-refractivity contribution in [1.82, 2.24) is 4.90 Å². The van der Waals surface area contributed by atoms with Crippen molar-refractivity contribution in [2.75, 3.05) is 0 Å². The van der Waals surface area contributed by atoms with Gasteiger partial charge in [-0.2, -0.15) is 0 Å². The maximum atomic E-state index is 13.4. The van der Waals surface area contributed by atoms with E-state index in [2.05, 4.69) is 31.2 Å². The van der Waals surface area contributed by atoms with Crippen molar-refractivity contribution in [3.8, 4) is 5.75 Å². The maximum absolute atomic E-state index is 13.4. The van der Waals surface area contributed by atoms with E-state index < -0.39 is 17.1 Å². The number of carboxylic acid groups (broad SMARTS) is 1. The molecule has 1 heterocycles. The van der Waals surface area contributed by atoms with Crippen LogP contribution in [0.1, 0.15) is 82.4 Å². The zero-order chi connectivity index (χ0) is 25.1. The second kappa shape index (κ2) is 10.2. The van der Waals surface area contributed by atoms with Crippen LogP contribution in [0.4, 0.5) is 0 Å². The molecule has 2 aliphatic rings. The SMILES string of the molecule is CCCCC1=NC2(CCCC2)C(=O)N1Cc1ccc(Cc2ccccc2OC(C)(C)C(=O)O)cc1. The van der Waals surface area contributed by atoms with E-state index in [9.17, 15) is 14.7 Å². The fraction of sp³-hybridized carbons (Fsp3) is 0.483. The summed E-state index contributed by atoms with van der Waals surface area (Å²) in [7, 11) is 0. The molecule has 0 radical (unpaired) electrons. The zero-order valence-corrected chi connectivity index (χ0v) is 21.0. The first kappa shape index (κ1) is 25.0. The number of carbonyl (C=O) groups excluding carboxylic acids is 1. The minimum atomic E-state index is -1.31. The number of amides is 1. The minimum absolute atomic E-state index is 0.178. The van der Waals surface area contributed by atoms with Gasteiger partial charge >= 0.3 is 5.97 Å². The van der Waals surface area contributed by atoms with Gasteiger partial charge in [0.05, 0.1) is 6.54 Å². The summed E-state index contributed by atoms with van der Waals surface area (Å²) in [6, 6.07) is 15.8. The van der Waals surface area contributed by atoms with E-state index in [1.807, 2.05) is 29.2 Å². The van der Waals surface area contributed by atoms with Gasteiger partial charge in [-0.3, -0.25) is 14.7 Å². The number of hydrogen-bond donors (Lipinski definition) is 1. The molecule has 1 fully saturated rings. The van der Waals surface area contributed by atoms with Crippen molar-refractivity contribution in [2.24, 2.45) is 4.99 Å². The fourth-order valence-electron chi connectivity index (χ4n) is 4.93. The lowest BCUT2D eigenvalue weighted by atomic mass is 9.98. The summed E-state index contributed by atoms with van der Waals surface area (Å²) in [4.78, 5) is 31.8. The van der Waals surface area contributed by atoms with Crippen LogP contribution in [0.3, 0.4) is 0 Å². The number of carboxylic acids is 1. The van der Waals surface area contributed by atoms with E-state index in [1.165, 1.54) is 0 Å². The average Bonchev–Trinajstić information content (AvgIpc) is 3.40. The van der Waals surface area contributed by atoms with E-state index in [0.29, 0.717) is 18.7 Å². The summed E-state index contributed by atoms with van der Waals surface area (Å²) in [5, 5.41) is 9.42. The molecule has 4 rings (SSSR count). The number of amidine groups is 1. The number of para-hydroxylation sites is 1. The quantitative estimate of drug-likeness (QED) is 0.473. The largest absolute Gasteiger partial charge is 0.478 e. The van der Waals surface area contributed by atoms with Gasteiger partial charge in [-0.15, -0.1) is 0 Å². The van der Waals surface area contributed by atoms with Crippen LogP contribution >= 0.6 is 0 Å². The van der Waals surface area contributed by atoms with Crippen LogP contribution in [-0.2, 0) is 22.6 Å². The first-order valence-electron chi connectivity index (χ1n) is 12.7. The van der Waals surface area contributed by atoms with Crippen LogP contribution in [-0.4, -0.2) is 38.9 Å². The monoisotopic (exact) mass is 476 g/mol. The Hall–Kier alpha value is -3.15. The number of nitrogens with zero attached hydrogens (tertiary/aromatic N) is 2. The van der Waals surface area contributed by atoms with Crippen LogP contribution in [0.25, 0.3) is 0 Å². The molecule has 0 bridgehead atoms. The molecule has 0 atom stereocenters. The molecule has 1 amide bonds. The fourth-order valence-corrected chi connectivity index (χ4v) is 4.93. The second-order valence-corrected chi connectivity index (χ2v) is 10.3. The highest BCUT2D eigenvalue weighted by Crippen LogP contribution is 2.40. The van der Waals surface area contributed by atoms with Crippen molar-refractivity contribution in [1.29, 1.82) is 0 Å². The molecule has 0 aromatic heterocycles. The van der Waals surface area contributed by atoms with Gasteiger partial charge in [-0.1, -0.05) is 68.7 Å². The maximum Gasteiger partial charge on any atom is 0.347 e. The third-order valence-electron chi connectivity index (χ3n) is 7.09. The van der Waals surface area contributed by atoms with E-state index in [1.54, 1.807) is 13.8 Å². The number of rotatable bonds is 10. The van der Waals surface area contributed by atoms with Gasteiger partial charge in [0.1, 0.15) is 17.1 Å². The normalized spacial score (nSPS) is 17.2. The zero-order valence-electron chi connectivity index (χ0n) is 21.0. The number of carbonyl (C=O) groups is 2. The van der Waals surface area contributed by atoms with E-state index in [-0.39, 0.29) is 5.91 Å². The van der Waals surface area contributed by atoms with Gasteiger partial charge in [-0.05, 0) is 55.9 Å². The smallest absolute Gasteiger partial charge is 0.347 e. The number of benzene rings is 2. The Balaban J connectivity index is 1.47. The Morgan fingerprint density at radius 3 is 2.40 bits per heavy atom. The topological polar surface area (TPSA) is 79.2 Å². The van der Waals surface area contributed by atoms with Crippen molar-refractivity contribution >= 4 is 17.7 Å². The van der Waals surface area contributed by atoms with Crippen LogP contribution in [0.15, 0.2) is 53.5 Å². The van der Waals surface area contributed by atoms with Gasteiger partial charge in [0.2, 0.25) is 0 Å². The number of aliphatic imine (C=N–C) groups is 1. The van der Waals surface area contributed by atoms with E-state index in [0.717, 1.165) is 67.5 Å². The molecule has 186 valence electrons. The number of ether oxygens (including phenoxy) is 1. The highest BCUT2D eigenvalue weighted by molar-refractivity contribution is 6.08. The number of hydrogen-bond acceptors (Lipinski definition) is 4. The molecular formula is C29H36N2O4. The lowest BCUT2D eigenvalue weighted by Crippen LogP contribution is -2.40. The average molecular weight is 477 g/mol. The summed E-state index contributed by atoms with van der Waals surface area (Å²) in [5.74, 6) is 0.701. The lowest BCUT2D eigenvalue weighted by molar-refractivity contribution is -0.152. The Kier molecular flexibility index (Phi) is 7.29. The summed E-state index contributed by atoms with van der Waals surface area (Å²) < 4.78 is 5.82. The molecule has 0 saturated heterocycles. The summed E-state index contributed by atoms with van der Waals surface area (Å²) in [5.41, 5.74) is 1.30. The molecule has 2 aromatic rings. The molecule has 6 heteroatoms. The second-order valence-electron chi connectivity index (χ2n) is 10.3. The predicted octanol–water partition coefficient (Wildman–Crippen LogP) is 5.76. The van der Waals surface area contributed by atoms with Crippen LogP contribution in [0, 0.1) is 0 Å². The molecule has 0 unspecified atom stereocenters. The Morgan fingerprint density at radius 1 is 1.09 bits per heavy atom. The summed E-state index contributed by atoms with van der Waals surface area (Å²) >= 11 is 0. The first-order valence-corrected chi connectivity index (χ1v) is 12.7. The Labute approximate surface area is 208 Å². The van der Waals surface area contributed by atoms with Gasteiger partial charge < -0.3 is 9.84 Å². The van der Waals surface area contributed by atoms with Crippen LogP contribution in [0.2, 0.25) is 0 Å². The molecule has 1 aliphatic heterocycles. The molecular weight excluding hydrogens is 440 g/mol. The Bertz CT molecular complexity index is 1100. The molecule has 2 aromatic carbocycles. The standard InChI is InChI=1S/C29H36N2O4/c1-4-5-12-25-30-29(17-8-9-18-29)26(32)31(25)20-22-15-13-21(14-16-22)19-23-10-6-7-11-24(23)35-28(2,3)27(33)34/h6-7,10-11,13-16H,4-5,8-9,12,17-20H2,1-3H3,(H,33,34). The predicted molar refractivity (Wildman–Crippen MR) is 137 cm³/mol. The van der Waals surface area contributed by atoms with E-state index in [4.69, 9.17) is 9.73 Å². The number of unbranched alkanes of at least 4 members (excludes halogenated alkanes) is 1. The molecule has 1 saturated carbocycles. The van der Waals surface area contributed by atoms with Crippen LogP contribution < -0.4 is 4.74 Å². The summed E-state index contributed by atoms with van der Waals surface area (Å²) in [6.45, 7) is 5.82. The van der Waals surface area contributed by atoms with Crippen molar-refractivity contribution in [2.45, 2.75) is 89.8 Å². The van der Waals surface area contributed by atoms with Gasteiger partial charge in [0, 0.05) is 12.8 Å². The van der Waals surface area contributed by atoms with E-state index >= 15 is 0 Å². The Morgan fingerprint density at radius 2 is 1.74 bits per heavy atom. The number of aliphatic carboxylic acids is 1. The van der Waals surface area contributed by atoms with Crippen molar-refractivity contribution in [3.05, 3.63) is 65.2 Å². The summed E-state index contributed by atoms with van der Waals surface area (Å²) in [6.07, 6.45) is 7.50. The first-order chi connectivity index (χ1) is 16.7. The van der Waals surface area contributed by atoms with Crippen molar-refractivity contribution in [3.63, 3.8) is 0 Å². The molecule has 1 N–H and O–H groups in total. The molecule has 1 spiro atoms. The third-order valence-corrected chi connectivity index (χ3v) is 7.09. The van der Waals surface area contributed by atoms with Gasteiger partial charge in [0.15, 0.2) is 5.60 Å². The van der Waals surface area contributed by atoms with Gasteiger partial charge in [0.25, 0.3) is 5.91 Å². The lowest BCUT2D eigenvalue weighted by Gasteiger charge is -2.23. The van der Waals surface area contributed by atoms with Crippen LogP contribution in [0.5, 0.6) is 5.75 Å². The van der Waals surface area contributed by atoms with Crippen molar-refractivity contribution < 1.29 is 19.4 Å². The van der Waals surface area contributed by atoms with Gasteiger partial charge in [-0.25, -0.2) is 4.79 Å². The highest BCUT2D eigenvalue weighted by Gasteiger charge is 2.49. The molecule has 6 nitrogen and oxygen atoms in total.